The summed E-state index contributed by atoms with van der Waals surface area (Å²) in [5, 5.41) is 5.12. The van der Waals surface area contributed by atoms with Crippen molar-refractivity contribution in [2.75, 3.05) is 26.1 Å². The third-order valence-electron chi connectivity index (χ3n) is 4.47. The van der Waals surface area contributed by atoms with Gasteiger partial charge in [-0.15, -0.1) is 0 Å². The van der Waals surface area contributed by atoms with Gasteiger partial charge in [0, 0.05) is 6.07 Å². The summed E-state index contributed by atoms with van der Waals surface area (Å²) in [4.78, 5) is 12.2. The van der Waals surface area contributed by atoms with E-state index in [9.17, 15) is 4.79 Å². The van der Waals surface area contributed by atoms with Crippen molar-refractivity contribution in [1.82, 2.24) is 0 Å². The number of carbonyl (C=O) groups is 1. The second kappa shape index (κ2) is 9.40. The van der Waals surface area contributed by atoms with Crippen LogP contribution in [0.15, 0.2) is 18.2 Å². The summed E-state index contributed by atoms with van der Waals surface area (Å²) in [5.74, 6) is 1.34. The monoisotopic (exact) mass is 321 g/mol. The molecule has 3 N–H and O–H groups in total. The highest BCUT2D eigenvalue weighted by Gasteiger charge is 2.16. The maximum absolute atomic E-state index is 12.2. The molecule has 128 valence electrons. The van der Waals surface area contributed by atoms with E-state index >= 15 is 0 Å². The lowest BCUT2D eigenvalue weighted by molar-refractivity contribution is -0.680. The molecule has 1 fully saturated rings. The lowest BCUT2D eigenvalue weighted by Gasteiger charge is -2.18. The minimum absolute atomic E-state index is 0.00128. The van der Waals surface area contributed by atoms with Crippen LogP contribution in [-0.4, -0.2) is 32.7 Å². The quantitative estimate of drug-likeness (QED) is 0.845. The van der Waals surface area contributed by atoms with Crippen LogP contribution in [0.5, 0.6) is 11.5 Å². The van der Waals surface area contributed by atoms with E-state index in [2.05, 4.69) is 10.6 Å². The Bertz CT molecular complexity index is 497. The number of anilines is 1. The van der Waals surface area contributed by atoms with E-state index in [4.69, 9.17) is 9.47 Å². The highest BCUT2D eigenvalue weighted by molar-refractivity contribution is 5.93. The molecule has 0 bridgehead atoms. The predicted octanol–water partition coefficient (Wildman–Crippen LogP) is 2.32. The summed E-state index contributed by atoms with van der Waals surface area (Å²) in [6.07, 6.45) is 9.03. The number of ether oxygens (including phenoxy) is 2. The molecule has 1 aliphatic carbocycles. The number of benzene rings is 1. The van der Waals surface area contributed by atoms with Gasteiger partial charge in [0.2, 0.25) is 0 Å². The molecular formula is C18H29N2O3+. The molecule has 23 heavy (non-hydrogen) atoms. The van der Waals surface area contributed by atoms with Gasteiger partial charge in [0.15, 0.2) is 6.54 Å². The molecule has 1 aliphatic rings. The van der Waals surface area contributed by atoms with Crippen molar-refractivity contribution >= 4 is 11.6 Å². The van der Waals surface area contributed by atoms with Crippen LogP contribution < -0.4 is 20.1 Å². The Labute approximate surface area is 138 Å². The Hall–Kier alpha value is -1.75. The first-order valence-corrected chi connectivity index (χ1v) is 8.58. The normalized spacial score (nSPS) is 16.3. The first-order valence-electron chi connectivity index (χ1n) is 8.58. The SMILES string of the molecule is COc1ccc(OC)c(NC(=O)C[NH2+]C2CCCCCCC2)c1. The number of amides is 1. The number of quaternary nitrogens is 1. The molecule has 0 heterocycles. The second-order valence-electron chi connectivity index (χ2n) is 6.16. The lowest BCUT2D eigenvalue weighted by atomic mass is 9.97. The van der Waals surface area contributed by atoms with E-state index in [1.165, 1.54) is 44.9 Å². The molecule has 0 saturated heterocycles. The Morgan fingerprint density at radius 3 is 2.48 bits per heavy atom. The number of hydrogen-bond donors (Lipinski definition) is 2. The molecule has 0 atom stereocenters. The van der Waals surface area contributed by atoms with Crippen molar-refractivity contribution < 1.29 is 19.6 Å². The summed E-state index contributed by atoms with van der Waals surface area (Å²) in [5.41, 5.74) is 0.655. The lowest BCUT2D eigenvalue weighted by Crippen LogP contribution is -2.91. The van der Waals surface area contributed by atoms with E-state index in [1.54, 1.807) is 26.4 Å². The highest BCUT2D eigenvalue weighted by Crippen LogP contribution is 2.28. The Morgan fingerprint density at radius 2 is 1.83 bits per heavy atom. The van der Waals surface area contributed by atoms with Crippen LogP contribution in [0.4, 0.5) is 5.69 Å². The zero-order valence-electron chi connectivity index (χ0n) is 14.3. The van der Waals surface area contributed by atoms with E-state index < -0.39 is 0 Å². The first-order chi connectivity index (χ1) is 11.2. The zero-order chi connectivity index (χ0) is 16.5. The van der Waals surface area contributed by atoms with E-state index in [-0.39, 0.29) is 5.91 Å². The zero-order valence-corrected chi connectivity index (χ0v) is 14.3. The summed E-state index contributed by atoms with van der Waals surface area (Å²) >= 11 is 0. The van der Waals surface area contributed by atoms with Gasteiger partial charge in [-0.3, -0.25) is 4.79 Å². The largest absolute Gasteiger partial charge is 0.497 e. The summed E-state index contributed by atoms with van der Waals surface area (Å²) in [6.45, 7) is 0.449. The molecule has 0 radical (unpaired) electrons. The average Bonchev–Trinajstić information content (AvgIpc) is 2.53. The fourth-order valence-corrected chi connectivity index (χ4v) is 3.11. The van der Waals surface area contributed by atoms with Crippen molar-refractivity contribution in [2.45, 2.75) is 51.0 Å². The van der Waals surface area contributed by atoms with Crippen molar-refractivity contribution in [3.8, 4) is 11.5 Å². The number of nitrogens with one attached hydrogen (secondary N) is 1. The van der Waals surface area contributed by atoms with Gasteiger partial charge in [-0.1, -0.05) is 19.3 Å². The van der Waals surface area contributed by atoms with Gasteiger partial charge in [0.05, 0.1) is 25.9 Å². The van der Waals surface area contributed by atoms with Crippen LogP contribution in [0.1, 0.15) is 44.9 Å². The van der Waals surface area contributed by atoms with Crippen molar-refractivity contribution in [3.05, 3.63) is 18.2 Å². The maximum atomic E-state index is 12.2. The standard InChI is InChI=1S/C18H28N2O3/c1-22-15-10-11-17(23-2)16(12-15)20-18(21)13-19-14-8-6-4-3-5-7-9-14/h10-12,14,19H,3-9,13H2,1-2H3,(H,20,21)/p+1. The Morgan fingerprint density at radius 1 is 1.13 bits per heavy atom. The molecule has 0 aromatic heterocycles. The number of hydrogen-bond acceptors (Lipinski definition) is 3. The molecule has 1 amide bonds. The van der Waals surface area contributed by atoms with Gasteiger partial charge < -0.3 is 20.1 Å². The molecule has 5 nitrogen and oxygen atoms in total. The second-order valence-corrected chi connectivity index (χ2v) is 6.16. The van der Waals surface area contributed by atoms with Crippen molar-refractivity contribution in [2.24, 2.45) is 0 Å². The van der Waals surface area contributed by atoms with Crippen LogP contribution >= 0.6 is 0 Å². The van der Waals surface area contributed by atoms with E-state index in [0.717, 1.165) is 0 Å². The number of carbonyl (C=O) groups excluding carboxylic acids is 1. The van der Waals surface area contributed by atoms with Crippen LogP contribution in [0.3, 0.4) is 0 Å². The minimum atomic E-state index is -0.00128. The van der Waals surface area contributed by atoms with Crippen LogP contribution in [0, 0.1) is 0 Å². The smallest absolute Gasteiger partial charge is 0.279 e. The number of rotatable bonds is 6. The van der Waals surface area contributed by atoms with Crippen LogP contribution in [-0.2, 0) is 4.79 Å². The fraction of sp³-hybridized carbons (Fsp3) is 0.611. The third-order valence-corrected chi connectivity index (χ3v) is 4.47. The topological polar surface area (TPSA) is 64.2 Å². The molecule has 5 heteroatoms. The molecule has 0 aliphatic heterocycles. The summed E-state index contributed by atoms with van der Waals surface area (Å²) in [7, 11) is 3.20. The van der Waals surface area contributed by atoms with Gasteiger partial charge in [0.25, 0.3) is 5.91 Å². The third kappa shape index (κ3) is 5.75. The molecule has 2 rings (SSSR count). The Kier molecular flexibility index (Phi) is 7.20. The Balaban J connectivity index is 1.86. The minimum Gasteiger partial charge on any atom is -0.497 e. The van der Waals surface area contributed by atoms with Gasteiger partial charge in [-0.25, -0.2) is 0 Å². The molecule has 0 spiro atoms. The van der Waals surface area contributed by atoms with Crippen molar-refractivity contribution in [1.29, 1.82) is 0 Å². The van der Waals surface area contributed by atoms with Gasteiger partial charge in [-0.2, -0.15) is 0 Å². The summed E-state index contributed by atoms with van der Waals surface area (Å²) < 4.78 is 10.5. The van der Waals surface area contributed by atoms with E-state index in [1.807, 2.05) is 6.07 Å². The van der Waals surface area contributed by atoms with Crippen LogP contribution in [0.2, 0.25) is 0 Å². The highest BCUT2D eigenvalue weighted by atomic mass is 16.5. The molecular weight excluding hydrogens is 292 g/mol. The van der Waals surface area contributed by atoms with Gasteiger partial charge in [0.1, 0.15) is 11.5 Å². The molecule has 1 saturated carbocycles. The fourth-order valence-electron chi connectivity index (χ4n) is 3.11. The average molecular weight is 321 g/mol. The van der Waals surface area contributed by atoms with E-state index in [0.29, 0.717) is 29.8 Å². The maximum Gasteiger partial charge on any atom is 0.279 e. The predicted molar refractivity (Wildman–Crippen MR) is 91.1 cm³/mol. The molecule has 1 aromatic rings. The summed E-state index contributed by atoms with van der Waals surface area (Å²) in [6, 6.07) is 5.97. The van der Waals surface area contributed by atoms with Crippen LogP contribution in [0.25, 0.3) is 0 Å². The number of methoxy groups -OCH3 is 2. The first kappa shape index (κ1) is 17.6. The molecule has 1 aromatic carbocycles. The van der Waals surface area contributed by atoms with Gasteiger partial charge in [-0.05, 0) is 37.8 Å². The number of nitrogens with two attached hydrogens (primary N) is 1. The van der Waals surface area contributed by atoms with Crippen molar-refractivity contribution in [3.63, 3.8) is 0 Å². The molecule has 0 unspecified atom stereocenters. The van der Waals surface area contributed by atoms with Gasteiger partial charge >= 0.3 is 0 Å².